The fourth-order valence-electron chi connectivity index (χ4n) is 2.84. The van der Waals surface area contributed by atoms with Gasteiger partial charge >= 0.3 is 0 Å². The van der Waals surface area contributed by atoms with Crippen LogP contribution in [0.15, 0.2) is 6.07 Å². The maximum atomic E-state index is 4.83. The summed E-state index contributed by atoms with van der Waals surface area (Å²) in [5, 5.41) is 8.32. The summed E-state index contributed by atoms with van der Waals surface area (Å²) in [6, 6.07) is 2.81. The Balaban J connectivity index is 2.25. The zero-order valence-corrected chi connectivity index (χ0v) is 11.5. The van der Waals surface area contributed by atoms with Crippen molar-refractivity contribution in [1.82, 2.24) is 9.78 Å². The van der Waals surface area contributed by atoms with Gasteiger partial charge < -0.3 is 5.32 Å². The minimum Gasteiger partial charge on any atom is -0.370 e. The van der Waals surface area contributed by atoms with E-state index in [4.69, 9.17) is 5.10 Å². The van der Waals surface area contributed by atoms with Gasteiger partial charge in [0, 0.05) is 18.5 Å². The summed E-state index contributed by atoms with van der Waals surface area (Å²) in [6.45, 7) is 10.2. The van der Waals surface area contributed by atoms with Gasteiger partial charge in [-0.25, -0.2) is 4.68 Å². The van der Waals surface area contributed by atoms with Gasteiger partial charge in [-0.05, 0) is 18.8 Å². The van der Waals surface area contributed by atoms with Gasteiger partial charge in [-0.2, -0.15) is 5.10 Å². The number of fused-ring (bicyclic) bond motifs is 1. The third-order valence-corrected chi connectivity index (χ3v) is 3.98. The molecule has 0 spiro atoms. The Morgan fingerprint density at radius 3 is 2.94 bits per heavy atom. The molecule has 1 N–H and O–H groups in total. The van der Waals surface area contributed by atoms with Gasteiger partial charge in [-0.3, -0.25) is 0 Å². The highest BCUT2D eigenvalue weighted by Crippen LogP contribution is 2.32. The van der Waals surface area contributed by atoms with Crippen molar-refractivity contribution in [3.05, 3.63) is 11.8 Å². The minimum atomic E-state index is 0.564. The van der Waals surface area contributed by atoms with Crippen molar-refractivity contribution in [3.63, 3.8) is 0 Å². The van der Waals surface area contributed by atoms with Crippen molar-refractivity contribution < 1.29 is 0 Å². The summed E-state index contributed by atoms with van der Waals surface area (Å²) in [4.78, 5) is 0. The van der Waals surface area contributed by atoms with Crippen LogP contribution in [0.2, 0.25) is 0 Å². The molecule has 0 bridgehead atoms. The fourth-order valence-corrected chi connectivity index (χ4v) is 2.84. The number of nitrogens with one attached hydrogen (secondary N) is 1. The van der Waals surface area contributed by atoms with E-state index in [1.54, 1.807) is 0 Å². The second kappa shape index (κ2) is 5.11. The SMILES string of the molecule is CCCC(C)c1cc2n(n1)C(CC)C(C)CN2. The number of hydrogen-bond acceptors (Lipinski definition) is 2. The summed E-state index contributed by atoms with van der Waals surface area (Å²) in [7, 11) is 0. The summed E-state index contributed by atoms with van der Waals surface area (Å²) in [5.41, 5.74) is 1.25. The molecule has 3 heteroatoms. The molecule has 0 aromatic carbocycles. The topological polar surface area (TPSA) is 29.9 Å². The third kappa shape index (κ3) is 2.33. The standard InChI is InChI=1S/C14H25N3/c1-5-7-10(3)12-8-14-15-9-11(4)13(6-2)17(14)16-12/h8,10-11,13,15H,5-7,9H2,1-4H3. The highest BCUT2D eigenvalue weighted by Gasteiger charge is 2.26. The summed E-state index contributed by atoms with van der Waals surface area (Å²) >= 11 is 0. The first-order chi connectivity index (χ1) is 8.17. The molecule has 96 valence electrons. The Hall–Kier alpha value is -0.990. The van der Waals surface area contributed by atoms with Gasteiger partial charge in [-0.1, -0.05) is 34.1 Å². The lowest BCUT2D eigenvalue weighted by Gasteiger charge is -2.30. The first-order valence-electron chi connectivity index (χ1n) is 7.00. The summed E-state index contributed by atoms with van der Waals surface area (Å²) in [5.74, 6) is 2.46. The zero-order chi connectivity index (χ0) is 12.4. The molecule has 3 nitrogen and oxygen atoms in total. The van der Waals surface area contributed by atoms with E-state index in [-0.39, 0.29) is 0 Å². The van der Waals surface area contributed by atoms with E-state index in [1.165, 1.54) is 30.8 Å². The van der Waals surface area contributed by atoms with Gasteiger partial charge in [0.15, 0.2) is 0 Å². The molecule has 2 rings (SSSR count). The van der Waals surface area contributed by atoms with Crippen molar-refractivity contribution in [2.24, 2.45) is 5.92 Å². The number of hydrogen-bond donors (Lipinski definition) is 1. The predicted molar refractivity (Wildman–Crippen MR) is 72.5 cm³/mol. The second-order valence-electron chi connectivity index (χ2n) is 5.42. The Morgan fingerprint density at radius 1 is 1.53 bits per heavy atom. The Labute approximate surface area is 105 Å². The maximum Gasteiger partial charge on any atom is 0.124 e. The van der Waals surface area contributed by atoms with Crippen LogP contribution in [0.3, 0.4) is 0 Å². The molecule has 1 aromatic rings. The first-order valence-corrected chi connectivity index (χ1v) is 7.00. The molecule has 0 amide bonds. The predicted octanol–water partition coefficient (Wildman–Crippen LogP) is 3.80. The van der Waals surface area contributed by atoms with Crippen molar-refractivity contribution >= 4 is 5.82 Å². The molecule has 1 aliphatic heterocycles. The molecule has 3 unspecified atom stereocenters. The Bertz CT molecular complexity index is 370. The van der Waals surface area contributed by atoms with Gasteiger partial charge in [-0.15, -0.1) is 0 Å². The van der Waals surface area contributed by atoms with E-state index < -0.39 is 0 Å². The van der Waals surface area contributed by atoms with Crippen LogP contribution in [-0.2, 0) is 0 Å². The fraction of sp³-hybridized carbons (Fsp3) is 0.786. The molecule has 17 heavy (non-hydrogen) atoms. The number of rotatable bonds is 4. The van der Waals surface area contributed by atoms with Gasteiger partial charge in [0.2, 0.25) is 0 Å². The van der Waals surface area contributed by atoms with Crippen LogP contribution < -0.4 is 5.32 Å². The summed E-state index contributed by atoms with van der Waals surface area (Å²) in [6.07, 6.45) is 3.62. The molecule has 2 heterocycles. The van der Waals surface area contributed by atoms with Crippen molar-refractivity contribution in [3.8, 4) is 0 Å². The molecule has 1 aromatic heterocycles. The van der Waals surface area contributed by atoms with Crippen LogP contribution in [0, 0.1) is 5.92 Å². The number of nitrogens with zero attached hydrogens (tertiary/aromatic N) is 2. The first kappa shape index (κ1) is 12.5. The van der Waals surface area contributed by atoms with Crippen molar-refractivity contribution in [2.75, 3.05) is 11.9 Å². The van der Waals surface area contributed by atoms with E-state index in [9.17, 15) is 0 Å². The minimum absolute atomic E-state index is 0.564. The summed E-state index contributed by atoms with van der Waals surface area (Å²) < 4.78 is 2.22. The average molecular weight is 235 g/mol. The molecular formula is C14H25N3. The molecule has 3 atom stereocenters. The maximum absolute atomic E-state index is 4.83. The van der Waals surface area contributed by atoms with Crippen LogP contribution in [-0.4, -0.2) is 16.3 Å². The lowest BCUT2D eigenvalue weighted by atomic mass is 9.98. The Morgan fingerprint density at radius 2 is 2.29 bits per heavy atom. The largest absolute Gasteiger partial charge is 0.370 e. The molecule has 0 aliphatic carbocycles. The quantitative estimate of drug-likeness (QED) is 0.860. The van der Waals surface area contributed by atoms with E-state index in [0.29, 0.717) is 17.9 Å². The highest BCUT2D eigenvalue weighted by atomic mass is 15.4. The van der Waals surface area contributed by atoms with Crippen LogP contribution in [0.1, 0.15) is 64.6 Å². The van der Waals surface area contributed by atoms with E-state index >= 15 is 0 Å². The Kier molecular flexibility index (Phi) is 3.75. The molecular weight excluding hydrogens is 210 g/mol. The molecule has 0 radical (unpaired) electrons. The van der Waals surface area contributed by atoms with E-state index in [0.717, 1.165) is 6.54 Å². The van der Waals surface area contributed by atoms with Gasteiger partial charge in [0.05, 0.1) is 11.7 Å². The van der Waals surface area contributed by atoms with Gasteiger partial charge in [0.25, 0.3) is 0 Å². The monoisotopic (exact) mass is 235 g/mol. The normalized spacial score (nSPS) is 25.2. The van der Waals surface area contributed by atoms with Crippen LogP contribution >= 0.6 is 0 Å². The molecule has 0 saturated carbocycles. The lowest BCUT2D eigenvalue weighted by Crippen LogP contribution is -2.30. The molecule has 0 saturated heterocycles. The van der Waals surface area contributed by atoms with Crippen LogP contribution in [0.4, 0.5) is 5.82 Å². The number of anilines is 1. The van der Waals surface area contributed by atoms with Crippen LogP contribution in [0.5, 0.6) is 0 Å². The van der Waals surface area contributed by atoms with E-state index in [1.807, 2.05) is 0 Å². The highest BCUT2D eigenvalue weighted by molar-refractivity contribution is 5.40. The van der Waals surface area contributed by atoms with E-state index in [2.05, 4.69) is 43.8 Å². The number of aromatic nitrogens is 2. The zero-order valence-electron chi connectivity index (χ0n) is 11.5. The lowest BCUT2D eigenvalue weighted by molar-refractivity contribution is 0.311. The second-order valence-corrected chi connectivity index (χ2v) is 5.42. The van der Waals surface area contributed by atoms with Crippen molar-refractivity contribution in [1.29, 1.82) is 0 Å². The molecule has 1 aliphatic rings. The van der Waals surface area contributed by atoms with Gasteiger partial charge in [0.1, 0.15) is 5.82 Å². The van der Waals surface area contributed by atoms with Crippen LogP contribution in [0.25, 0.3) is 0 Å². The third-order valence-electron chi connectivity index (χ3n) is 3.98. The molecule has 0 fully saturated rings. The average Bonchev–Trinajstić information content (AvgIpc) is 2.73. The van der Waals surface area contributed by atoms with Crippen molar-refractivity contribution in [2.45, 2.75) is 58.9 Å². The smallest absolute Gasteiger partial charge is 0.124 e.